The summed E-state index contributed by atoms with van der Waals surface area (Å²) < 4.78 is 6.80. The van der Waals surface area contributed by atoms with E-state index in [1.807, 2.05) is 4.57 Å². The van der Waals surface area contributed by atoms with Gasteiger partial charge in [0.25, 0.3) is 11.8 Å². The zero-order chi connectivity index (χ0) is 22.9. The highest BCUT2D eigenvalue weighted by atomic mass is 16.5. The van der Waals surface area contributed by atoms with Crippen molar-refractivity contribution < 1.29 is 14.3 Å². The minimum Gasteiger partial charge on any atom is -0.383 e. The van der Waals surface area contributed by atoms with Crippen LogP contribution in [0.5, 0.6) is 0 Å². The SMILES string of the molecule is COCCNC(=O)c1cn(CCC(C)C)cc(C(=O)NC23CC4CC(CC(C4)C2)C3)c1=O. The third-order valence-electron chi connectivity index (χ3n) is 7.54. The summed E-state index contributed by atoms with van der Waals surface area (Å²) >= 11 is 0. The van der Waals surface area contributed by atoms with Gasteiger partial charge in [0.2, 0.25) is 5.43 Å². The van der Waals surface area contributed by atoms with Crippen LogP contribution in [0.15, 0.2) is 17.2 Å². The lowest BCUT2D eigenvalue weighted by atomic mass is 9.53. The van der Waals surface area contributed by atoms with Crippen molar-refractivity contribution >= 4 is 11.8 Å². The number of nitrogens with zero attached hydrogens (tertiary/aromatic N) is 1. The quantitative estimate of drug-likeness (QED) is 0.574. The Labute approximate surface area is 190 Å². The number of aromatic nitrogens is 1. The number of aryl methyl sites for hydroxylation is 1. The Kier molecular flexibility index (Phi) is 6.75. The Bertz CT molecular complexity index is 885. The van der Waals surface area contributed by atoms with E-state index in [1.165, 1.54) is 19.3 Å². The van der Waals surface area contributed by atoms with Gasteiger partial charge in [-0.1, -0.05) is 13.8 Å². The highest BCUT2D eigenvalue weighted by Crippen LogP contribution is 2.55. The van der Waals surface area contributed by atoms with Gasteiger partial charge in [-0.05, 0) is 68.6 Å². The van der Waals surface area contributed by atoms with Gasteiger partial charge in [0.05, 0.1) is 6.61 Å². The van der Waals surface area contributed by atoms with Crippen molar-refractivity contribution in [1.82, 2.24) is 15.2 Å². The Balaban J connectivity index is 1.59. The van der Waals surface area contributed by atoms with E-state index in [0.717, 1.165) is 25.7 Å². The number of amides is 2. The van der Waals surface area contributed by atoms with E-state index >= 15 is 0 Å². The molecule has 2 N–H and O–H groups in total. The van der Waals surface area contributed by atoms with Crippen LogP contribution in [0, 0.1) is 23.7 Å². The second kappa shape index (κ2) is 9.38. The van der Waals surface area contributed by atoms with Crippen LogP contribution in [0.4, 0.5) is 0 Å². The average molecular weight is 444 g/mol. The summed E-state index contributed by atoms with van der Waals surface area (Å²) in [6.45, 7) is 5.57. The van der Waals surface area contributed by atoms with Crippen molar-refractivity contribution in [3.63, 3.8) is 0 Å². The predicted molar refractivity (Wildman–Crippen MR) is 123 cm³/mol. The first-order valence-electron chi connectivity index (χ1n) is 12.1. The normalized spacial score (nSPS) is 28.2. The van der Waals surface area contributed by atoms with Crippen LogP contribution in [0.25, 0.3) is 0 Å². The van der Waals surface area contributed by atoms with Crippen molar-refractivity contribution in [2.24, 2.45) is 23.7 Å². The molecular formula is C25H37N3O4. The maximum atomic E-state index is 13.4. The number of carbonyl (C=O) groups excluding carboxylic acids is 2. The summed E-state index contributed by atoms with van der Waals surface area (Å²) in [7, 11) is 1.56. The molecule has 7 heteroatoms. The zero-order valence-electron chi connectivity index (χ0n) is 19.6. The minimum atomic E-state index is -0.497. The van der Waals surface area contributed by atoms with E-state index in [0.29, 0.717) is 43.4 Å². The summed E-state index contributed by atoms with van der Waals surface area (Å²) in [4.78, 5) is 39.3. The molecule has 7 nitrogen and oxygen atoms in total. The monoisotopic (exact) mass is 443 g/mol. The van der Waals surface area contributed by atoms with Crippen molar-refractivity contribution in [3.8, 4) is 0 Å². The Morgan fingerprint density at radius 1 is 1.06 bits per heavy atom. The number of pyridine rings is 1. The minimum absolute atomic E-state index is 0.0167. The number of hydrogen-bond donors (Lipinski definition) is 2. The zero-order valence-corrected chi connectivity index (χ0v) is 19.6. The molecule has 0 radical (unpaired) electrons. The van der Waals surface area contributed by atoms with Crippen LogP contribution in [0.2, 0.25) is 0 Å². The third kappa shape index (κ3) is 4.92. The number of rotatable bonds is 9. The van der Waals surface area contributed by atoms with Gasteiger partial charge in [-0.2, -0.15) is 0 Å². The van der Waals surface area contributed by atoms with E-state index < -0.39 is 11.3 Å². The number of carbonyl (C=O) groups is 2. The smallest absolute Gasteiger partial charge is 0.257 e. The molecule has 176 valence electrons. The molecule has 32 heavy (non-hydrogen) atoms. The van der Waals surface area contributed by atoms with E-state index in [-0.39, 0.29) is 22.6 Å². The van der Waals surface area contributed by atoms with E-state index in [9.17, 15) is 14.4 Å². The summed E-state index contributed by atoms with van der Waals surface area (Å²) in [6, 6.07) is 0. The molecule has 0 spiro atoms. The summed E-state index contributed by atoms with van der Waals surface area (Å²) in [5.74, 6) is 1.76. The van der Waals surface area contributed by atoms with Gasteiger partial charge < -0.3 is 19.9 Å². The molecule has 0 aromatic carbocycles. The molecule has 4 fully saturated rings. The van der Waals surface area contributed by atoms with Crippen LogP contribution in [0.1, 0.15) is 79.5 Å². The molecule has 0 saturated heterocycles. The molecular weight excluding hydrogens is 406 g/mol. The van der Waals surface area contributed by atoms with Crippen LogP contribution < -0.4 is 16.1 Å². The number of methoxy groups -OCH3 is 1. The van der Waals surface area contributed by atoms with E-state index in [4.69, 9.17) is 4.74 Å². The van der Waals surface area contributed by atoms with Crippen molar-refractivity contribution in [2.75, 3.05) is 20.3 Å². The fourth-order valence-corrected chi connectivity index (χ4v) is 6.42. The molecule has 1 heterocycles. The second-order valence-corrected chi connectivity index (χ2v) is 10.7. The molecule has 2 amide bonds. The standard InChI is InChI=1S/C25H37N3O4/c1-16(2)4-6-28-14-20(23(30)26-5-7-32-3)22(29)21(15-28)24(31)27-25-11-17-8-18(12-25)10-19(9-17)13-25/h14-19H,4-13H2,1-3H3,(H,26,30)(H,27,31). The van der Waals surface area contributed by atoms with E-state index in [2.05, 4.69) is 24.5 Å². The molecule has 4 aliphatic rings. The molecule has 5 rings (SSSR count). The first-order valence-corrected chi connectivity index (χ1v) is 12.1. The first-order chi connectivity index (χ1) is 15.3. The lowest BCUT2D eigenvalue weighted by Gasteiger charge is -2.56. The van der Waals surface area contributed by atoms with Gasteiger partial charge in [-0.3, -0.25) is 14.4 Å². The van der Waals surface area contributed by atoms with Crippen LogP contribution in [-0.4, -0.2) is 42.2 Å². The second-order valence-electron chi connectivity index (χ2n) is 10.7. The number of hydrogen-bond acceptors (Lipinski definition) is 4. The lowest BCUT2D eigenvalue weighted by molar-refractivity contribution is -0.0167. The summed E-state index contributed by atoms with van der Waals surface area (Å²) in [6.07, 6.45) is 11.0. The van der Waals surface area contributed by atoms with Crippen molar-refractivity contribution in [3.05, 3.63) is 33.7 Å². The predicted octanol–water partition coefficient (Wildman–Crippen LogP) is 2.97. The fourth-order valence-electron chi connectivity index (χ4n) is 6.42. The Morgan fingerprint density at radius 3 is 2.16 bits per heavy atom. The molecule has 1 aromatic heterocycles. The van der Waals surface area contributed by atoms with Gasteiger partial charge in [0.1, 0.15) is 11.1 Å². The van der Waals surface area contributed by atoms with Crippen molar-refractivity contribution in [1.29, 1.82) is 0 Å². The van der Waals surface area contributed by atoms with E-state index in [1.54, 1.807) is 19.5 Å². The Hall–Kier alpha value is -2.15. The number of nitrogens with one attached hydrogen (secondary N) is 2. The van der Waals surface area contributed by atoms with Crippen LogP contribution in [-0.2, 0) is 11.3 Å². The molecule has 0 atom stereocenters. The molecule has 4 aliphatic carbocycles. The first kappa shape index (κ1) is 23.0. The average Bonchev–Trinajstić information content (AvgIpc) is 2.71. The molecule has 0 aliphatic heterocycles. The van der Waals surface area contributed by atoms with Gasteiger partial charge >= 0.3 is 0 Å². The maximum absolute atomic E-state index is 13.4. The molecule has 4 bridgehead atoms. The van der Waals surface area contributed by atoms with Gasteiger partial charge in [-0.15, -0.1) is 0 Å². The molecule has 4 saturated carbocycles. The summed E-state index contributed by atoms with van der Waals surface area (Å²) in [5, 5.41) is 6.00. The van der Waals surface area contributed by atoms with Crippen LogP contribution >= 0.6 is 0 Å². The lowest BCUT2D eigenvalue weighted by Crippen LogP contribution is -2.60. The summed E-state index contributed by atoms with van der Waals surface area (Å²) in [5.41, 5.74) is -0.590. The maximum Gasteiger partial charge on any atom is 0.257 e. The molecule has 1 aromatic rings. The third-order valence-corrected chi connectivity index (χ3v) is 7.54. The topological polar surface area (TPSA) is 89.4 Å². The van der Waals surface area contributed by atoms with Gasteiger partial charge in [0.15, 0.2) is 0 Å². The van der Waals surface area contributed by atoms with Crippen molar-refractivity contribution in [2.45, 2.75) is 70.9 Å². The van der Waals surface area contributed by atoms with Gasteiger partial charge in [-0.25, -0.2) is 0 Å². The fraction of sp³-hybridized carbons (Fsp3) is 0.720. The largest absolute Gasteiger partial charge is 0.383 e. The highest BCUT2D eigenvalue weighted by Gasteiger charge is 2.51. The van der Waals surface area contributed by atoms with Gasteiger partial charge in [0, 0.05) is 38.1 Å². The van der Waals surface area contributed by atoms with Crippen LogP contribution in [0.3, 0.4) is 0 Å². The number of ether oxygens (including phenoxy) is 1. The molecule has 0 unspecified atom stereocenters. The Morgan fingerprint density at radius 2 is 1.62 bits per heavy atom. The highest BCUT2D eigenvalue weighted by molar-refractivity contribution is 5.99.